The van der Waals surface area contributed by atoms with Crippen molar-refractivity contribution in [3.63, 3.8) is 0 Å². The fourth-order valence-electron chi connectivity index (χ4n) is 2.34. The Morgan fingerprint density at radius 2 is 1.89 bits per heavy atom. The van der Waals surface area contributed by atoms with E-state index in [2.05, 4.69) is 10.6 Å². The van der Waals surface area contributed by atoms with Crippen molar-refractivity contribution in [3.05, 3.63) is 35.4 Å². The van der Waals surface area contributed by atoms with Crippen molar-refractivity contribution >= 4 is 0 Å². The number of hydrogen-bond acceptors (Lipinski definition) is 2. The van der Waals surface area contributed by atoms with Gasteiger partial charge < -0.3 is 10.6 Å². The number of rotatable bonds is 2. The van der Waals surface area contributed by atoms with Crippen LogP contribution in [0.2, 0.25) is 0 Å². The molecule has 1 aromatic rings. The van der Waals surface area contributed by atoms with Gasteiger partial charge in [0.2, 0.25) is 0 Å². The van der Waals surface area contributed by atoms with Gasteiger partial charge in [0.25, 0.3) is 0 Å². The number of hydrogen-bond donors (Lipinski definition) is 2. The van der Waals surface area contributed by atoms with Gasteiger partial charge in [-0.05, 0) is 44.1 Å². The first-order chi connectivity index (χ1) is 8.50. The summed E-state index contributed by atoms with van der Waals surface area (Å²) in [5.74, 6) is 0. The Kier molecular flexibility index (Phi) is 3.92. The average molecular weight is 258 g/mol. The van der Waals surface area contributed by atoms with Crippen LogP contribution in [0.25, 0.3) is 0 Å². The van der Waals surface area contributed by atoms with Crippen LogP contribution < -0.4 is 10.6 Å². The molecule has 2 rings (SSSR count). The van der Waals surface area contributed by atoms with Crippen LogP contribution in [-0.2, 0) is 6.18 Å². The van der Waals surface area contributed by atoms with Crippen LogP contribution in [0, 0.1) is 0 Å². The molecule has 1 saturated heterocycles. The third-order valence-corrected chi connectivity index (χ3v) is 3.45. The van der Waals surface area contributed by atoms with Crippen LogP contribution in [0.4, 0.5) is 13.2 Å². The van der Waals surface area contributed by atoms with Gasteiger partial charge in [0.15, 0.2) is 0 Å². The Labute approximate surface area is 105 Å². The standard InChI is InChI=1S/C13H17F3N2/c1-17-11-6-7-18-12(8-11)9-2-4-10(5-3-9)13(14,15)16/h2-5,11-12,17-18H,6-8H2,1H3. The fraction of sp³-hybridized carbons (Fsp3) is 0.538. The summed E-state index contributed by atoms with van der Waals surface area (Å²) < 4.78 is 37.4. The second-order valence-electron chi connectivity index (χ2n) is 4.64. The Morgan fingerprint density at radius 3 is 2.44 bits per heavy atom. The fourth-order valence-corrected chi connectivity index (χ4v) is 2.34. The zero-order valence-corrected chi connectivity index (χ0v) is 10.2. The number of piperidine rings is 1. The molecule has 2 N–H and O–H groups in total. The van der Waals surface area contributed by atoms with Crippen LogP contribution in [0.3, 0.4) is 0 Å². The lowest BCUT2D eigenvalue weighted by Gasteiger charge is -2.30. The summed E-state index contributed by atoms with van der Waals surface area (Å²) in [7, 11) is 1.92. The SMILES string of the molecule is CNC1CCNC(c2ccc(C(F)(F)F)cc2)C1. The molecule has 1 fully saturated rings. The maximum atomic E-state index is 12.5. The molecule has 0 aromatic heterocycles. The molecule has 0 spiro atoms. The molecule has 18 heavy (non-hydrogen) atoms. The summed E-state index contributed by atoms with van der Waals surface area (Å²) in [5.41, 5.74) is 0.329. The van der Waals surface area contributed by atoms with Crippen molar-refractivity contribution in [1.82, 2.24) is 10.6 Å². The maximum Gasteiger partial charge on any atom is 0.416 e. The third kappa shape index (κ3) is 3.03. The summed E-state index contributed by atoms with van der Waals surface area (Å²) in [4.78, 5) is 0. The molecule has 0 amide bonds. The van der Waals surface area contributed by atoms with Gasteiger partial charge >= 0.3 is 6.18 Å². The lowest BCUT2D eigenvalue weighted by atomic mass is 9.93. The third-order valence-electron chi connectivity index (χ3n) is 3.45. The van der Waals surface area contributed by atoms with E-state index in [-0.39, 0.29) is 6.04 Å². The van der Waals surface area contributed by atoms with E-state index in [0.717, 1.165) is 37.1 Å². The zero-order chi connectivity index (χ0) is 13.2. The van der Waals surface area contributed by atoms with E-state index in [4.69, 9.17) is 0 Å². The van der Waals surface area contributed by atoms with Crippen LogP contribution in [-0.4, -0.2) is 19.6 Å². The van der Waals surface area contributed by atoms with Gasteiger partial charge in [-0.1, -0.05) is 12.1 Å². The first-order valence-corrected chi connectivity index (χ1v) is 6.08. The summed E-state index contributed by atoms with van der Waals surface area (Å²) in [6.45, 7) is 0.886. The molecular formula is C13H17F3N2. The Bertz CT molecular complexity index is 386. The first-order valence-electron chi connectivity index (χ1n) is 6.08. The number of alkyl halides is 3. The van der Waals surface area contributed by atoms with Crippen molar-refractivity contribution in [2.75, 3.05) is 13.6 Å². The van der Waals surface area contributed by atoms with Gasteiger partial charge in [-0.2, -0.15) is 13.2 Å². The molecule has 100 valence electrons. The van der Waals surface area contributed by atoms with E-state index in [1.807, 2.05) is 7.05 Å². The lowest BCUT2D eigenvalue weighted by molar-refractivity contribution is -0.137. The highest BCUT2D eigenvalue weighted by molar-refractivity contribution is 5.27. The molecule has 1 aliphatic heterocycles. The molecule has 2 atom stereocenters. The minimum absolute atomic E-state index is 0.137. The van der Waals surface area contributed by atoms with Crippen molar-refractivity contribution < 1.29 is 13.2 Å². The Hall–Kier alpha value is -1.07. The molecule has 2 nitrogen and oxygen atoms in total. The molecule has 1 aromatic carbocycles. The largest absolute Gasteiger partial charge is 0.416 e. The summed E-state index contributed by atoms with van der Waals surface area (Å²) in [5, 5.41) is 6.56. The van der Waals surface area contributed by atoms with E-state index in [9.17, 15) is 13.2 Å². The summed E-state index contributed by atoms with van der Waals surface area (Å²) in [6, 6.07) is 6.01. The maximum absolute atomic E-state index is 12.5. The van der Waals surface area contributed by atoms with Crippen LogP contribution in [0.5, 0.6) is 0 Å². The minimum Gasteiger partial charge on any atom is -0.317 e. The van der Waals surface area contributed by atoms with Gasteiger partial charge in [-0.3, -0.25) is 0 Å². The Balaban J connectivity index is 2.09. The molecule has 5 heteroatoms. The van der Waals surface area contributed by atoms with Gasteiger partial charge in [-0.15, -0.1) is 0 Å². The highest BCUT2D eigenvalue weighted by Gasteiger charge is 2.30. The highest BCUT2D eigenvalue weighted by Crippen LogP contribution is 2.31. The second kappa shape index (κ2) is 5.28. The lowest BCUT2D eigenvalue weighted by Crippen LogP contribution is -2.40. The summed E-state index contributed by atoms with van der Waals surface area (Å²) >= 11 is 0. The van der Waals surface area contributed by atoms with E-state index in [1.165, 1.54) is 0 Å². The molecule has 0 saturated carbocycles. The first kappa shape index (κ1) is 13.4. The predicted molar refractivity (Wildman–Crippen MR) is 64.3 cm³/mol. The quantitative estimate of drug-likeness (QED) is 0.852. The minimum atomic E-state index is -4.26. The molecule has 0 aliphatic carbocycles. The molecule has 2 unspecified atom stereocenters. The molecule has 0 radical (unpaired) electrons. The van der Waals surface area contributed by atoms with Crippen LogP contribution >= 0.6 is 0 Å². The zero-order valence-electron chi connectivity index (χ0n) is 10.2. The van der Waals surface area contributed by atoms with E-state index in [1.54, 1.807) is 12.1 Å². The monoisotopic (exact) mass is 258 g/mol. The highest BCUT2D eigenvalue weighted by atomic mass is 19.4. The predicted octanol–water partition coefficient (Wildman–Crippen LogP) is 2.72. The van der Waals surface area contributed by atoms with Crippen LogP contribution in [0.15, 0.2) is 24.3 Å². The Morgan fingerprint density at radius 1 is 1.22 bits per heavy atom. The normalized spacial score (nSPS) is 25.1. The van der Waals surface area contributed by atoms with Crippen molar-refractivity contribution in [2.24, 2.45) is 0 Å². The van der Waals surface area contributed by atoms with E-state index in [0.29, 0.717) is 6.04 Å². The number of halogens is 3. The molecular weight excluding hydrogens is 241 g/mol. The molecule has 0 bridgehead atoms. The van der Waals surface area contributed by atoms with Crippen LogP contribution in [0.1, 0.15) is 30.0 Å². The smallest absolute Gasteiger partial charge is 0.317 e. The molecule has 1 heterocycles. The second-order valence-corrected chi connectivity index (χ2v) is 4.64. The van der Waals surface area contributed by atoms with E-state index < -0.39 is 11.7 Å². The van der Waals surface area contributed by atoms with E-state index >= 15 is 0 Å². The van der Waals surface area contributed by atoms with Gasteiger partial charge in [0.1, 0.15) is 0 Å². The molecule has 1 aliphatic rings. The number of benzene rings is 1. The van der Waals surface area contributed by atoms with Gasteiger partial charge in [-0.25, -0.2) is 0 Å². The topological polar surface area (TPSA) is 24.1 Å². The van der Waals surface area contributed by atoms with Gasteiger partial charge in [0.05, 0.1) is 5.56 Å². The van der Waals surface area contributed by atoms with Crippen molar-refractivity contribution in [1.29, 1.82) is 0 Å². The summed E-state index contributed by atoms with van der Waals surface area (Å²) in [6.07, 6.45) is -2.30. The number of nitrogens with one attached hydrogen (secondary N) is 2. The van der Waals surface area contributed by atoms with Crippen molar-refractivity contribution in [3.8, 4) is 0 Å². The van der Waals surface area contributed by atoms with Crippen molar-refractivity contribution in [2.45, 2.75) is 31.1 Å². The average Bonchev–Trinajstić information content (AvgIpc) is 2.38. The van der Waals surface area contributed by atoms with Gasteiger partial charge in [0, 0.05) is 12.1 Å².